The molecule has 5 atom stereocenters. The van der Waals surface area contributed by atoms with Crippen LogP contribution in [0.15, 0.2) is 121 Å². The van der Waals surface area contributed by atoms with Gasteiger partial charge in [0.15, 0.2) is 12.4 Å². The van der Waals surface area contributed by atoms with Crippen molar-refractivity contribution < 1.29 is 33.2 Å². The highest BCUT2D eigenvalue weighted by atomic mass is 16.7. The summed E-state index contributed by atoms with van der Waals surface area (Å²) >= 11 is 0. The fraction of sp³-hybridized carbons (Fsp3) is 0.306. The summed E-state index contributed by atoms with van der Waals surface area (Å²) < 4.78 is 37.9. The maximum absolute atomic E-state index is 12.4. The van der Waals surface area contributed by atoms with Crippen LogP contribution in [-0.2, 0) is 59.6 Å². The SMILES string of the molecule is CC(=O)O[C@H]1[C@@H](OCc2ccccc2)O[C@H](COCc2ccccc2)[C@@H](OCc2ccccc2)[C@@H]1OCc1ccccc1. The first-order chi connectivity index (χ1) is 21.2. The normalized spacial score (nSPS) is 21.7. The molecular weight excluding hydrogens is 544 g/mol. The van der Waals surface area contributed by atoms with E-state index in [2.05, 4.69) is 0 Å². The van der Waals surface area contributed by atoms with Crippen LogP contribution in [0, 0.1) is 0 Å². The fourth-order valence-corrected chi connectivity index (χ4v) is 5.01. The van der Waals surface area contributed by atoms with Gasteiger partial charge in [0.25, 0.3) is 0 Å². The van der Waals surface area contributed by atoms with Crippen LogP contribution >= 0.6 is 0 Å². The van der Waals surface area contributed by atoms with E-state index < -0.39 is 36.7 Å². The maximum Gasteiger partial charge on any atom is 0.303 e. The first-order valence-electron chi connectivity index (χ1n) is 14.6. The van der Waals surface area contributed by atoms with Crippen molar-refractivity contribution in [2.75, 3.05) is 6.61 Å². The van der Waals surface area contributed by atoms with Crippen LogP contribution in [0.4, 0.5) is 0 Å². The van der Waals surface area contributed by atoms with Gasteiger partial charge in [0, 0.05) is 6.92 Å². The van der Waals surface area contributed by atoms with Gasteiger partial charge in [-0.2, -0.15) is 0 Å². The van der Waals surface area contributed by atoms with Gasteiger partial charge in [-0.1, -0.05) is 121 Å². The number of benzene rings is 4. The second-order valence-corrected chi connectivity index (χ2v) is 10.4. The molecule has 5 rings (SSSR count). The second-order valence-electron chi connectivity index (χ2n) is 10.4. The zero-order valence-corrected chi connectivity index (χ0v) is 24.3. The Balaban J connectivity index is 1.41. The van der Waals surface area contributed by atoms with Crippen LogP contribution in [0.25, 0.3) is 0 Å². The number of hydrogen-bond donors (Lipinski definition) is 0. The minimum atomic E-state index is -0.910. The summed E-state index contributed by atoms with van der Waals surface area (Å²) in [6.07, 6.45) is -3.68. The van der Waals surface area contributed by atoms with E-state index in [1.807, 2.05) is 121 Å². The zero-order chi connectivity index (χ0) is 29.7. The molecule has 0 N–H and O–H groups in total. The summed E-state index contributed by atoms with van der Waals surface area (Å²) in [7, 11) is 0. The lowest BCUT2D eigenvalue weighted by Gasteiger charge is -2.45. The van der Waals surface area contributed by atoms with Crippen molar-refractivity contribution in [1.82, 2.24) is 0 Å². The molecule has 4 aromatic carbocycles. The predicted octanol–water partition coefficient (Wildman–Crippen LogP) is 6.25. The summed E-state index contributed by atoms with van der Waals surface area (Å²) in [5.41, 5.74) is 4.00. The molecule has 43 heavy (non-hydrogen) atoms. The molecule has 7 nitrogen and oxygen atoms in total. The molecule has 0 aromatic heterocycles. The number of rotatable bonds is 14. The van der Waals surface area contributed by atoms with E-state index in [-0.39, 0.29) is 19.8 Å². The maximum atomic E-state index is 12.4. The molecule has 1 saturated heterocycles. The fourth-order valence-electron chi connectivity index (χ4n) is 5.01. The quantitative estimate of drug-likeness (QED) is 0.163. The largest absolute Gasteiger partial charge is 0.454 e. The molecule has 0 spiro atoms. The lowest BCUT2D eigenvalue weighted by atomic mass is 9.97. The first-order valence-corrected chi connectivity index (χ1v) is 14.6. The molecule has 1 aliphatic heterocycles. The highest BCUT2D eigenvalue weighted by Gasteiger charge is 2.50. The van der Waals surface area contributed by atoms with Gasteiger partial charge in [-0.3, -0.25) is 4.79 Å². The third kappa shape index (κ3) is 9.32. The smallest absolute Gasteiger partial charge is 0.303 e. The van der Waals surface area contributed by atoms with Gasteiger partial charge < -0.3 is 28.4 Å². The number of carbonyl (C=O) groups excluding carboxylic acids is 1. The Morgan fingerprint density at radius 2 is 0.977 bits per heavy atom. The minimum absolute atomic E-state index is 0.220. The van der Waals surface area contributed by atoms with Crippen LogP contribution < -0.4 is 0 Å². The summed E-state index contributed by atoms with van der Waals surface area (Å²) in [5, 5.41) is 0. The summed E-state index contributed by atoms with van der Waals surface area (Å²) in [4.78, 5) is 12.4. The van der Waals surface area contributed by atoms with E-state index in [1.54, 1.807) is 0 Å². The van der Waals surface area contributed by atoms with Crippen molar-refractivity contribution in [1.29, 1.82) is 0 Å². The van der Waals surface area contributed by atoms with Crippen molar-refractivity contribution >= 4 is 5.97 Å². The zero-order valence-electron chi connectivity index (χ0n) is 24.3. The van der Waals surface area contributed by atoms with Crippen molar-refractivity contribution in [2.45, 2.75) is 64.1 Å². The van der Waals surface area contributed by atoms with E-state index in [9.17, 15) is 4.79 Å². The van der Waals surface area contributed by atoms with Gasteiger partial charge >= 0.3 is 5.97 Å². The Labute approximate surface area is 253 Å². The summed E-state index contributed by atoms with van der Waals surface area (Å²) in [6, 6.07) is 39.5. The van der Waals surface area contributed by atoms with Crippen molar-refractivity contribution in [3.8, 4) is 0 Å². The van der Waals surface area contributed by atoms with Crippen molar-refractivity contribution in [3.63, 3.8) is 0 Å². The first kappa shape index (κ1) is 30.6. The number of carbonyl (C=O) groups is 1. The average Bonchev–Trinajstić information content (AvgIpc) is 3.05. The van der Waals surface area contributed by atoms with E-state index in [0.29, 0.717) is 13.2 Å². The van der Waals surface area contributed by atoms with E-state index in [0.717, 1.165) is 22.3 Å². The van der Waals surface area contributed by atoms with Crippen molar-refractivity contribution in [2.24, 2.45) is 0 Å². The second kappa shape index (κ2) is 16.1. The van der Waals surface area contributed by atoms with E-state index >= 15 is 0 Å². The van der Waals surface area contributed by atoms with Crippen molar-refractivity contribution in [3.05, 3.63) is 144 Å². The van der Waals surface area contributed by atoms with E-state index in [1.165, 1.54) is 6.92 Å². The third-order valence-electron chi connectivity index (χ3n) is 7.11. The minimum Gasteiger partial charge on any atom is -0.454 e. The Kier molecular flexibility index (Phi) is 11.5. The molecule has 0 aliphatic carbocycles. The molecule has 1 fully saturated rings. The lowest BCUT2D eigenvalue weighted by molar-refractivity contribution is -0.323. The Bertz CT molecular complexity index is 1350. The van der Waals surface area contributed by atoms with Crippen LogP contribution in [0.5, 0.6) is 0 Å². The highest BCUT2D eigenvalue weighted by molar-refractivity contribution is 5.66. The Hall–Kier alpha value is -3.85. The Morgan fingerprint density at radius 1 is 0.558 bits per heavy atom. The van der Waals surface area contributed by atoms with Gasteiger partial charge in [-0.05, 0) is 22.3 Å². The van der Waals surface area contributed by atoms with Crippen LogP contribution in [0.2, 0.25) is 0 Å². The van der Waals surface area contributed by atoms with Crippen LogP contribution in [0.1, 0.15) is 29.2 Å². The molecule has 224 valence electrons. The van der Waals surface area contributed by atoms with Gasteiger partial charge in [0.2, 0.25) is 0 Å². The van der Waals surface area contributed by atoms with Crippen LogP contribution in [0.3, 0.4) is 0 Å². The lowest BCUT2D eigenvalue weighted by Crippen LogP contribution is -2.62. The molecule has 0 saturated carbocycles. The molecule has 1 heterocycles. The molecule has 7 heteroatoms. The molecule has 0 bridgehead atoms. The number of hydrogen-bond acceptors (Lipinski definition) is 7. The standard InChI is InChI=1S/C36H38O7/c1-27(37)42-35-34(40-24-30-18-10-4-11-19-30)33(39-23-29-16-8-3-9-17-29)32(26-38-22-28-14-6-2-7-15-28)43-36(35)41-25-31-20-12-5-13-21-31/h2-21,32-36H,22-26H2,1H3/t32-,33-,34+,35-,36+/m1/s1. The van der Waals surface area contributed by atoms with Gasteiger partial charge in [-0.15, -0.1) is 0 Å². The Morgan fingerprint density at radius 3 is 1.44 bits per heavy atom. The van der Waals surface area contributed by atoms with Gasteiger partial charge in [0.1, 0.15) is 18.3 Å². The third-order valence-corrected chi connectivity index (χ3v) is 7.11. The molecule has 0 unspecified atom stereocenters. The predicted molar refractivity (Wildman–Crippen MR) is 162 cm³/mol. The topological polar surface area (TPSA) is 72.5 Å². The van der Waals surface area contributed by atoms with Gasteiger partial charge in [0.05, 0.1) is 33.0 Å². The molecule has 1 aliphatic rings. The molecule has 0 amide bonds. The van der Waals surface area contributed by atoms with Crippen LogP contribution in [-0.4, -0.2) is 43.3 Å². The number of esters is 1. The van der Waals surface area contributed by atoms with E-state index in [4.69, 9.17) is 28.4 Å². The average molecular weight is 583 g/mol. The molecular formula is C36H38O7. The monoisotopic (exact) mass is 582 g/mol. The summed E-state index contributed by atoms with van der Waals surface area (Å²) in [6.45, 7) is 2.87. The molecule has 4 aromatic rings. The van der Waals surface area contributed by atoms with Gasteiger partial charge in [-0.25, -0.2) is 0 Å². The number of ether oxygens (including phenoxy) is 6. The summed E-state index contributed by atoms with van der Waals surface area (Å²) in [5.74, 6) is -0.462. The highest BCUT2D eigenvalue weighted by Crippen LogP contribution is 2.31. The molecule has 0 radical (unpaired) electrons.